The van der Waals surface area contributed by atoms with E-state index >= 15 is 0 Å². The van der Waals surface area contributed by atoms with Crippen LogP contribution in [0, 0.1) is 17.5 Å². The van der Waals surface area contributed by atoms with Gasteiger partial charge in [0.15, 0.2) is 17.5 Å². The Hall–Kier alpha value is -0.925. The van der Waals surface area contributed by atoms with Crippen LogP contribution in [-0.2, 0) is 5.31 Å². The van der Waals surface area contributed by atoms with Crippen molar-refractivity contribution in [2.45, 2.75) is 32.0 Å². The van der Waals surface area contributed by atoms with E-state index in [9.17, 15) is 13.2 Å². The first kappa shape index (κ1) is 12.1. The third kappa shape index (κ3) is 2.19. The fourth-order valence-corrected chi connectivity index (χ4v) is 1.56. The highest BCUT2D eigenvalue weighted by molar-refractivity contribution is 6.15. The van der Waals surface area contributed by atoms with E-state index in [1.54, 1.807) is 0 Å². The summed E-state index contributed by atoms with van der Waals surface area (Å²) in [5, 5.41) is -0.296. The van der Waals surface area contributed by atoms with Gasteiger partial charge in [-0.25, -0.2) is 13.2 Å². The zero-order chi connectivity index (χ0) is 11.6. The van der Waals surface area contributed by atoms with Gasteiger partial charge in [-0.05, 0) is 23.0 Å². The summed E-state index contributed by atoms with van der Waals surface area (Å²) in [6.45, 7) is 3.89. The molecule has 0 aromatic heterocycles. The Balaban J connectivity index is 3.27. The molecule has 0 fully saturated rings. The largest absolute Gasteiger partial charge is 0.204 e. The molecule has 0 unspecified atom stereocenters. The van der Waals surface area contributed by atoms with Gasteiger partial charge in [0, 0.05) is 0 Å². The quantitative estimate of drug-likeness (QED) is 0.536. The summed E-state index contributed by atoms with van der Waals surface area (Å²) in [6.07, 6.45) is 1.52. The molecule has 0 spiro atoms. The number of benzene rings is 1. The van der Waals surface area contributed by atoms with Crippen LogP contribution in [-0.4, -0.2) is 7.85 Å². The second kappa shape index (κ2) is 4.29. The van der Waals surface area contributed by atoms with E-state index in [-0.39, 0.29) is 5.31 Å². The van der Waals surface area contributed by atoms with Crippen LogP contribution < -0.4 is 0 Å². The fourth-order valence-electron chi connectivity index (χ4n) is 1.56. The van der Waals surface area contributed by atoms with Crippen LogP contribution in [0.5, 0.6) is 0 Å². The summed E-state index contributed by atoms with van der Waals surface area (Å²) in [5.41, 5.74) is 0.518. The Bertz CT molecular complexity index is 336. The highest BCUT2D eigenvalue weighted by atomic mass is 19.2. The van der Waals surface area contributed by atoms with Gasteiger partial charge >= 0.3 is 0 Å². The highest BCUT2D eigenvalue weighted by Gasteiger charge is 2.25. The molecule has 1 rings (SSSR count). The zero-order valence-electron chi connectivity index (χ0n) is 9.20. The Morgan fingerprint density at radius 1 is 1.07 bits per heavy atom. The monoisotopic (exact) mass is 214 g/mol. The van der Waals surface area contributed by atoms with Crippen LogP contribution >= 0.6 is 0 Å². The lowest BCUT2D eigenvalue weighted by Crippen LogP contribution is -2.25. The molecule has 0 aliphatic heterocycles. The maximum atomic E-state index is 13.0. The average Bonchev–Trinajstić information content (AvgIpc) is 2.24. The smallest absolute Gasteiger partial charge is 0.194 e. The van der Waals surface area contributed by atoms with Gasteiger partial charge in [0.05, 0.1) is 0 Å². The normalized spacial score (nSPS) is 11.8. The van der Waals surface area contributed by atoms with E-state index in [1.165, 1.54) is 0 Å². The molecule has 0 aliphatic rings. The third-order valence-corrected chi connectivity index (χ3v) is 3.24. The Labute approximate surface area is 88.9 Å². The van der Waals surface area contributed by atoms with Crippen molar-refractivity contribution in [1.82, 2.24) is 0 Å². The maximum absolute atomic E-state index is 13.0. The lowest BCUT2D eigenvalue weighted by atomic mass is 9.61. The standard InChI is InChI=1S/C11H14BF3/c1-3-11(12,4-2)7-5-8(13)10(15)9(14)6-7/h5-6H,3-4,12H2,1-2H3. The van der Waals surface area contributed by atoms with Gasteiger partial charge in [-0.3, -0.25) is 0 Å². The molecule has 1 aromatic rings. The van der Waals surface area contributed by atoms with Gasteiger partial charge in [-0.2, -0.15) is 0 Å². The molecule has 82 valence electrons. The molecule has 0 amide bonds. The fraction of sp³-hybridized carbons (Fsp3) is 0.455. The van der Waals surface area contributed by atoms with Crippen LogP contribution in [0.1, 0.15) is 32.3 Å². The van der Waals surface area contributed by atoms with Crippen molar-refractivity contribution in [1.29, 1.82) is 0 Å². The summed E-state index contributed by atoms with van der Waals surface area (Å²) in [7, 11) is 1.92. The van der Waals surface area contributed by atoms with Crippen molar-refractivity contribution in [3.8, 4) is 0 Å². The van der Waals surface area contributed by atoms with Gasteiger partial charge in [0.2, 0.25) is 0 Å². The summed E-state index contributed by atoms with van der Waals surface area (Å²) in [6, 6.07) is 2.18. The van der Waals surface area contributed by atoms with Gasteiger partial charge in [0.1, 0.15) is 7.85 Å². The SMILES string of the molecule is BC(CC)(CC)c1cc(F)c(F)c(F)c1. The predicted octanol–water partition coefficient (Wildman–Crippen LogP) is 2.75. The first-order valence-electron chi connectivity index (χ1n) is 5.09. The van der Waals surface area contributed by atoms with Crippen molar-refractivity contribution in [3.63, 3.8) is 0 Å². The lowest BCUT2D eigenvalue weighted by molar-refractivity contribution is 0.439. The van der Waals surface area contributed by atoms with Crippen LogP contribution in [0.2, 0.25) is 0 Å². The molecule has 0 heterocycles. The second-order valence-corrected chi connectivity index (χ2v) is 4.02. The van der Waals surface area contributed by atoms with Gasteiger partial charge in [-0.1, -0.05) is 26.7 Å². The Kier molecular flexibility index (Phi) is 3.48. The van der Waals surface area contributed by atoms with E-state index in [1.807, 2.05) is 21.7 Å². The number of rotatable bonds is 3. The summed E-state index contributed by atoms with van der Waals surface area (Å²) in [5.74, 6) is -3.62. The van der Waals surface area contributed by atoms with E-state index in [4.69, 9.17) is 0 Å². The Morgan fingerprint density at radius 3 is 1.80 bits per heavy atom. The molecule has 0 saturated heterocycles. The second-order valence-electron chi connectivity index (χ2n) is 4.02. The Morgan fingerprint density at radius 2 is 1.47 bits per heavy atom. The van der Waals surface area contributed by atoms with Crippen LogP contribution in [0.4, 0.5) is 13.2 Å². The van der Waals surface area contributed by atoms with Crippen molar-refractivity contribution < 1.29 is 13.2 Å². The third-order valence-electron chi connectivity index (χ3n) is 3.24. The average molecular weight is 214 g/mol. The molecule has 0 N–H and O–H groups in total. The molecular weight excluding hydrogens is 200 g/mol. The minimum absolute atomic E-state index is 0.296. The highest BCUT2D eigenvalue weighted by Crippen LogP contribution is 2.29. The number of hydrogen-bond donors (Lipinski definition) is 0. The van der Waals surface area contributed by atoms with Gasteiger partial charge in [-0.15, -0.1) is 0 Å². The molecule has 15 heavy (non-hydrogen) atoms. The van der Waals surface area contributed by atoms with Crippen LogP contribution in [0.25, 0.3) is 0 Å². The zero-order valence-corrected chi connectivity index (χ0v) is 9.20. The summed E-state index contributed by atoms with van der Waals surface area (Å²) < 4.78 is 38.8. The van der Waals surface area contributed by atoms with Crippen molar-refractivity contribution in [2.75, 3.05) is 0 Å². The molecule has 0 bridgehead atoms. The van der Waals surface area contributed by atoms with Crippen molar-refractivity contribution in [3.05, 3.63) is 35.1 Å². The maximum Gasteiger partial charge on any atom is 0.194 e. The van der Waals surface area contributed by atoms with Gasteiger partial charge < -0.3 is 0 Å². The van der Waals surface area contributed by atoms with E-state index in [2.05, 4.69) is 0 Å². The molecular formula is C11H14BF3. The topological polar surface area (TPSA) is 0 Å². The van der Waals surface area contributed by atoms with E-state index in [0.717, 1.165) is 25.0 Å². The molecule has 4 heteroatoms. The molecule has 0 nitrogen and oxygen atoms in total. The predicted molar refractivity (Wildman–Crippen MR) is 57.1 cm³/mol. The first-order valence-corrected chi connectivity index (χ1v) is 5.09. The first-order chi connectivity index (χ1) is 6.94. The molecule has 0 aliphatic carbocycles. The minimum atomic E-state index is -1.40. The molecule has 0 atom stereocenters. The summed E-state index contributed by atoms with van der Waals surface area (Å²) in [4.78, 5) is 0. The molecule has 0 saturated carbocycles. The minimum Gasteiger partial charge on any atom is -0.204 e. The van der Waals surface area contributed by atoms with E-state index < -0.39 is 17.5 Å². The van der Waals surface area contributed by atoms with Crippen LogP contribution in [0.3, 0.4) is 0 Å². The van der Waals surface area contributed by atoms with Gasteiger partial charge in [0.25, 0.3) is 0 Å². The number of hydrogen-bond acceptors (Lipinski definition) is 0. The summed E-state index contributed by atoms with van der Waals surface area (Å²) >= 11 is 0. The van der Waals surface area contributed by atoms with E-state index in [0.29, 0.717) is 5.56 Å². The van der Waals surface area contributed by atoms with Crippen molar-refractivity contribution in [2.24, 2.45) is 0 Å². The lowest BCUT2D eigenvalue weighted by Gasteiger charge is -2.27. The van der Waals surface area contributed by atoms with Crippen LogP contribution in [0.15, 0.2) is 12.1 Å². The molecule has 0 radical (unpaired) electrons. The number of halogens is 3. The molecule has 1 aromatic carbocycles. The van der Waals surface area contributed by atoms with Crippen molar-refractivity contribution >= 4 is 7.85 Å².